The molecule has 8 nitrogen and oxygen atoms in total. The Labute approximate surface area is 172 Å². The molecule has 4 rings (SSSR count). The lowest BCUT2D eigenvalue weighted by Gasteiger charge is -2.33. The minimum Gasteiger partial charge on any atom is -0.396 e. The first kappa shape index (κ1) is 20.3. The Bertz CT molecular complexity index is 960. The van der Waals surface area contributed by atoms with E-state index in [1.165, 1.54) is 10.6 Å². The SMILES string of the molecule is CS(=O)(=O)N1CCC(Nc2cc3c(N4CCCC(CO)C4)nccc3cn2)CC1. The summed E-state index contributed by atoms with van der Waals surface area (Å²) in [4.78, 5) is 11.5. The Morgan fingerprint density at radius 2 is 2.00 bits per heavy atom. The molecule has 2 N–H and O–H groups in total. The van der Waals surface area contributed by atoms with Crippen molar-refractivity contribution in [1.82, 2.24) is 14.3 Å². The molecule has 2 aliphatic heterocycles. The van der Waals surface area contributed by atoms with Crippen LogP contribution in [0.15, 0.2) is 24.5 Å². The molecule has 0 aromatic carbocycles. The van der Waals surface area contributed by atoms with Gasteiger partial charge in [0.1, 0.15) is 11.6 Å². The normalized spacial score (nSPS) is 22.1. The number of hydrogen-bond acceptors (Lipinski definition) is 7. The summed E-state index contributed by atoms with van der Waals surface area (Å²) < 4.78 is 24.9. The number of nitrogens with zero attached hydrogens (tertiary/aromatic N) is 4. The molecule has 2 saturated heterocycles. The highest BCUT2D eigenvalue weighted by Gasteiger charge is 2.25. The summed E-state index contributed by atoms with van der Waals surface area (Å²) in [6.07, 6.45) is 8.57. The van der Waals surface area contributed by atoms with Gasteiger partial charge in [0.05, 0.1) is 6.26 Å². The highest BCUT2D eigenvalue weighted by Crippen LogP contribution is 2.30. The summed E-state index contributed by atoms with van der Waals surface area (Å²) in [7, 11) is -3.12. The number of aromatic nitrogens is 2. The van der Waals surface area contributed by atoms with Crippen LogP contribution in [0.2, 0.25) is 0 Å². The van der Waals surface area contributed by atoms with Crippen LogP contribution in [0.4, 0.5) is 11.6 Å². The molecular weight excluding hydrogens is 390 g/mol. The zero-order valence-electron chi connectivity index (χ0n) is 16.8. The van der Waals surface area contributed by atoms with Gasteiger partial charge in [-0.15, -0.1) is 0 Å². The van der Waals surface area contributed by atoms with E-state index in [4.69, 9.17) is 0 Å². The molecule has 0 bridgehead atoms. The number of piperidine rings is 2. The van der Waals surface area contributed by atoms with Crippen LogP contribution in [0.5, 0.6) is 0 Å². The molecule has 2 aliphatic rings. The quantitative estimate of drug-likeness (QED) is 0.761. The molecule has 1 atom stereocenters. The Morgan fingerprint density at radius 3 is 2.72 bits per heavy atom. The van der Waals surface area contributed by atoms with Gasteiger partial charge in [0.25, 0.3) is 0 Å². The van der Waals surface area contributed by atoms with E-state index >= 15 is 0 Å². The van der Waals surface area contributed by atoms with Gasteiger partial charge in [-0.1, -0.05) is 0 Å². The summed E-state index contributed by atoms with van der Waals surface area (Å²) >= 11 is 0. The van der Waals surface area contributed by atoms with Gasteiger partial charge >= 0.3 is 0 Å². The third kappa shape index (κ3) is 4.62. The zero-order valence-corrected chi connectivity index (χ0v) is 17.6. The molecule has 0 spiro atoms. The van der Waals surface area contributed by atoms with Crippen LogP contribution in [-0.2, 0) is 10.0 Å². The Morgan fingerprint density at radius 1 is 1.21 bits per heavy atom. The zero-order chi connectivity index (χ0) is 20.4. The number of anilines is 2. The summed E-state index contributed by atoms with van der Waals surface area (Å²) in [6, 6.07) is 4.21. The highest BCUT2D eigenvalue weighted by molar-refractivity contribution is 7.88. The molecule has 1 unspecified atom stereocenters. The maximum Gasteiger partial charge on any atom is 0.211 e. The molecule has 158 valence electrons. The summed E-state index contributed by atoms with van der Waals surface area (Å²) in [5, 5.41) is 15.1. The van der Waals surface area contributed by atoms with E-state index in [1.54, 1.807) is 0 Å². The predicted octanol–water partition coefficient (Wildman–Crippen LogP) is 1.67. The van der Waals surface area contributed by atoms with E-state index < -0.39 is 10.0 Å². The number of sulfonamides is 1. The number of pyridine rings is 2. The maximum atomic E-state index is 11.7. The molecule has 2 aromatic rings. The first-order valence-electron chi connectivity index (χ1n) is 10.3. The second-order valence-electron chi connectivity index (χ2n) is 8.14. The number of aliphatic hydroxyl groups is 1. The molecular formula is C20H29N5O3S. The van der Waals surface area contributed by atoms with E-state index in [1.807, 2.05) is 24.5 Å². The predicted molar refractivity (Wildman–Crippen MR) is 115 cm³/mol. The second-order valence-corrected chi connectivity index (χ2v) is 10.1. The van der Waals surface area contributed by atoms with Crippen LogP contribution < -0.4 is 10.2 Å². The van der Waals surface area contributed by atoms with Crippen molar-refractivity contribution < 1.29 is 13.5 Å². The number of fused-ring (bicyclic) bond motifs is 1. The minimum absolute atomic E-state index is 0.201. The third-order valence-corrected chi connectivity index (χ3v) is 7.28. The Kier molecular flexibility index (Phi) is 5.89. The van der Waals surface area contributed by atoms with Crippen molar-refractivity contribution in [2.24, 2.45) is 5.92 Å². The van der Waals surface area contributed by atoms with Crippen LogP contribution in [-0.4, -0.2) is 72.9 Å². The smallest absolute Gasteiger partial charge is 0.211 e. The van der Waals surface area contributed by atoms with Crippen LogP contribution in [0, 0.1) is 5.92 Å². The van der Waals surface area contributed by atoms with E-state index in [0.717, 1.165) is 61.2 Å². The Balaban J connectivity index is 1.52. The fourth-order valence-electron chi connectivity index (χ4n) is 4.33. The van der Waals surface area contributed by atoms with E-state index in [0.29, 0.717) is 19.0 Å². The van der Waals surface area contributed by atoms with Crippen molar-refractivity contribution in [3.63, 3.8) is 0 Å². The monoisotopic (exact) mass is 419 g/mol. The molecule has 0 aliphatic carbocycles. The first-order valence-corrected chi connectivity index (χ1v) is 12.1. The fourth-order valence-corrected chi connectivity index (χ4v) is 5.20. The van der Waals surface area contributed by atoms with E-state index in [9.17, 15) is 13.5 Å². The Hall–Kier alpha value is -1.97. The lowest BCUT2D eigenvalue weighted by Crippen LogP contribution is -2.41. The molecule has 29 heavy (non-hydrogen) atoms. The largest absolute Gasteiger partial charge is 0.396 e. The number of rotatable bonds is 5. The summed E-state index contributed by atoms with van der Waals surface area (Å²) in [5.41, 5.74) is 0. The standard InChI is InChI=1S/C20H29N5O3S/c1-29(27,28)25-9-5-17(6-10-25)23-19-11-18-16(12-22-19)4-7-21-20(18)24-8-2-3-15(13-24)14-26/h4,7,11-12,15,17,26H,2-3,5-6,8-10,13-14H2,1H3,(H,22,23). The highest BCUT2D eigenvalue weighted by atomic mass is 32.2. The second kappa shape index (κ2) is 8.41. The molecule has 0 radical (unpaired) electrons. The van der Waals surface area contributed by atoms with Gasteiger partial charge in [-0.3, -0.25) is 0 Å². The number of hydrogen-bond donors (Lipinski definition) is 2. The summed E-state index contributed by atoms with van der Waals surface area (Å²) in [6.45, 7) is 3.04. The fraction of sp³-hybridized carbons (Fsp3) is 0.600. The molecule has 0 amide bonds. The van der Waals surface area contributed by atoms with Gasteiger partial charge in [0.2, 0.25) is 10.0 Å². The molecule has 2 fully saturated rings. The molecule has 9 heteroatoms. The molecule has 2 aromatic heterocycles. The van der Waals surface area contributed by atoms with Crippen molar-refractivity contribution in [1.29, 1.82) is 0 Å². The average Bonchev–Trinajstić information content (AvgIpc) is 2.73. The number of nitrogens with one attached hydrogen (secondary N) is 1. The maximum absolute atomic E-state index is 11.7. The lowest BCUT2D eigenvalue weighted by molar-refractivity contribution is 0.208. The number of aliphatic hydroxyl groups excluding tert-OH is 1. The minimum atomic E-state index is -3.12. The van der Waals surface area contributed by atoms with Crippen molar-refractivity contribution in [3.05, 3.63) is 24.5 Å². The van der Waals surface area contributed by atoms with Crippen LogP contribution >= 0.6 is 0 Å². The van der Waals surface area contributed by atoms with Crippen molar-refractivity contribution in [3.8, 4) is 0 Å². The van der Waals surface area contributed by atoms with Crippen LogP contribution in [0.1, 0.15) is 25.7 Å². The average molecular weight is 420 g/mol. The van der Waals surface area contributed by atoms with Gasteiger partial charge in [0, 0.05) is 62.0 Å². The van der Waals surface area contributed by atoms with Gasteiger partial charge in [-0.25, -0.2) is 22.7 Å². The van der Waals surface area contributed by atoms with Crippen molar-refractivity contribution in [2.45, 2.75) is 31.7 Å². The van der Waals surface area contributed by atoms with E-state index in [-0.39, 0.29) is 12.6 Å². The third-order valence-electron chi connectivity index (χ3n) is 5.98. The van der Waals surface area contributed by atoms with Gasteiger partial charge in [-0.05, 0) is 43.7 Å². The van der Waals surface area contributed by atoms with Gasteiger partial charge in [0.15, 0.2) is 0 Å². The van der Waals surface area contributed by atoms with Crippen LogP contribution in [0.25, 0.3) is 10.8 Å². The lowest BCUT2D eigenvalue weighted by atomic mass is 9.98. The van der Waals surface area contributed by atoms with Crippen LogP contribution in [0.3, 0.4) is 0 Å². The van der Waals surface area contributed by atoms with Crippen molar-refractivity contribution in [2.75, 3.05) is 49.3 Å². The van der Waals surface area contributed by atoms with Crippen molar-refractivity contribution >= 4 is 32.4 Å². The topological polar surface area (TPSA) is 98.7 Å². The molecule has 4 heterocycles. The first-order chi connectivity index (χ1) is 13.9. The van der Waals surface area contributed by atoms with Gasteiger partial charge in [-0.2, -0.15) is 0 Å². The summed E-state index contributed by atoms with van der Waals surface area (Å²) in [5.74, 6) is 2.03. The molecule has 0 saturated carbocycles. The van der Waals surface area contributed by atoms with Gasteiger partial charge < -0.3 is 15.3 Å². The van der Waals surface area contributed by atoms with E-state index in [2.05, 4.69) is 20.2 Å².